The number of allylic oxidation sites excluding steroid dienone is 2. The van der Waals surface area contributed by atoms with E-state index >= 15 is 0 Å². The van der Waals surface area contributed by atoms with Gasteiger partial charge in [-0.1, -0.05) is 6.08 Å². The molecule has 4 nitrogen and oxygen atoms in total. The molecule has 0 spiro atoms. The first-order valence-corrected chi connectivity index (χ1v) is 3.81. The van der Waals surface area contributed by atoms with Gasteiger partial charge in [-0.15, -0.1) is 0 Å². The molecule has 0 fully saturated rings. The van der Waals surface area contributed by atoms with E-state index in [-0.39, 0.29) is 0 Å². The van der Waals surface area contributed by atoms with Crippen LogP contribution < -0.4 is 5.73 Å². The smallest absolute Gasteiger partial charge is 0.415 e. The molecule has 1 aliphatic rings. The van der Waals surface area contributed by atoms with Crippen LogP contribution in [0.15, 0.2) is 24.4 Å². The van der Waals surface area contributed by atoms with Crippen LogP contribution in [0.2, 0.25) is 0 Å². The molecule has 4 heteroatoms. The highest BCUT2D eigenvalue weighted by Crippen LogP contribution is 2.05. The fraction of sp³-hybridized carbons (Fsp3) is 0.375. The quantitative estimate of drug-likeness (QED) is 0.630. The van der Waals surface area contributed by atoms with Gasteiger partial charge in [-0.2, -0.15) is 0 Å². The summed E-state index contributed by atoms with van der Waals surface area (Å²) in [6, 6.07) is 0. The van der Waals surface area contributed by atoms with E-state index in [0.29, 0.717) is 6.61 Å². The van der Waals surface area contributed by atoms with Gasteiger partial charge in [0.25, 0.3) is 0 Å². The highest BCUT2D eigenvalue weighted by atomic mass is 16.6. The maximum atomic E-state index is 11.1. The van der Waals surface area contributed by atoms with Gasteiger partial charge < -0.3 is 10.5 Å². The Balaban J connectivity index is 2.56. The van der Waals surface area contributed by atoms with Crippen molar-refractivity contribution in [2.75, 3.05) is 6.61 Å². The summed E-state index contributed by atoms with van der Waals surface area (Å²) < 4.78 is 4.77. The zero-order valence-corrected chi connectivity index (χ0v) is 6.93. The molecule has 1 unspecified atom stereocenters. The minimum absolute atomic E-state index is 0.361. The van der Waals surface area contributed by atoms with Crippen LogP contribution in [0.5, 0.6) is 0 Å². The molecule has 0 saturated carbocycles. The SMILES string of the molecule is CCOC(=O)N1C=CC=CC1N. The molecule has 1 atom stereocenters. The second kappa shape index (κ2) is 3.92. The van der Waals surface area contributed by atoms with Crippen molar-refractivity contribution >= 4 is 6.09 Å². The first kappa shape index (κ1) is 8.80. The number of amides is 1. The highest BCUT2D eigenvalue weighted by molar-refractivity contribution is 5.70. The molecule has 1 amide bonds. The van der Waals surface area contributed by atoms with Crippen LogP contribution in [0, 0.1) is 0 Å². The lowest BCUT2D eigenvalue weighted by Crippen LogP contribution is -2.42. The largest absolute Gasteiger partial charge is 0.449 e. The van der Waals surface area contributed by atoms with Crippen molar-refractivity contribution in [3.63, 3.8) is 0 Å². The molecule has 1 heterocycles. The molecular formula is C8H12N2O2. The minimum atomic E-state index is -0.411. The zero-order valence-electron chi connectivity index (χ0n) is 6.93. The van der Waals surface area contributed by atoms with Crippen molar-refractivity contribution in [1.82, 2.24) is 4.90 Å². The molecule has 0 radical (unpaired) electrons. The number of carbonyl (C=O) groups excluding carboxylic acids is 1. The number of carbonyl (C=O) groups is 1. The topological polar surface area (TPSA) is 55.6 Å². The molecule has 0 aromatic carbocycles. The Morgan fingerprint density at radius 1 is 1.67 bits per heavy atom. The summed E-state index contributed by atoms with van der Waals surface area (Å²) in [4.78, 5) is 12.5. The average Bonchev–Trinajstić information content (AvgIpc) is 2.05. The Bertz CT molecular complexity index is 223. The number of hydrogen-bond donors (Lipinski definition) is 1. The number of rotatable bonds is 1. The number of hydrogen-bond acceptors (Lipinski definition) is 3. The van der Waals surface area contributed by atoms with Gasteiger partial charge in [0, 0.05) is 6.20 Å². The van der Waals surface area contributed by atoms with Crippen molar-refractivity contribution in [1.29, 1.82) is 0 Å². The van der Waals surface area contributed by atoms with Gasteiger partial charge >= 0.3 is 6.09 Å². The molecular weight excluding hydrogens is 156 g/mol. The molecule has 1 aliphatic heterocycles. The van der Waals surface area contributed by atoms with Gasteiger partial charge in [-0.25, -0.2) is 4.79 Å². The maximum Gasteiger partial charge on any atom is 0.415 e. The third kappa shape index (κ3) is 1.85. The highest BCUT2D eigenvalue weighted by Gasteiger charge is 2.17. The van der Waals surface area contributed by atoms with E-state index in [4.69, 9.17) is 10.5 Å². The monoisotopic (exact) mass is 168 g/mol. The summed E-state index contributed by atoms with van der Waals surface area (Å²) >= 11 is 0. The predicted molar refractivity (Wildman–Crippen MR) is 45.1 cm³/mol. The van der Waals surface area contributed by atoms with E-state index in [1.807, 2.05) is 0 Å². The molecule has 0 saturated heterocycles. The molecule has 66 valence electrons. The molecule has 1 rings (SSSR count). The average molecular weight is 168 g/mol. The Morgan fingerprint density at radius 2 is 2.42 bits per heavy atom. The van der Waals surface area contributed by atoms with Gasteiger partial charge in [-0.3, -0.25) is 4.90 Å². The van der Waals surface area contributed by atoms with Crippen molar-refractivity contribution in [2.24, 2.45) is 5.73 Å². The maximum absolute atomic E-state index is 11.1. The fourth-order valence-corrected chi connectivity index (χ4v) is 0.893. The summed E-state index contributed by atoms with van der Waals surface area (Å²) in [7, 11) is 0. The van der Waals surface area contributed by atoms with Gasteiger partial charge in [0.05, 0.1) is 6.61 Å². The standard InChI is InChI=1S/C8H12N2O2/c1-2-12-8(11)10-6-4-3-5-7(10)9/h3-7H,2,9H2,1H3. The summed E-state index contributed by atoms with van der Waals surface area (Å²) in [6.45, 7) is 2.12. The third-order valence-electron chi connectivity index (χ3n) is 1.47. The van der Waals surface area contributed by atoms with Crippen LogP contribution in [0.4, 0.5) is 4.79 Å². The lowest BCUT2D eigenvalue weighted by atomic mass is 10.3. The Hall–Kier alpha value is -1.29. The van der Waals surface area contributed by atoms with Crippen LogP contribution >= 0.6 is 0 Å². The van der Waals surface area contributed by atoms with Crippen molar-refractivity contribution in [3.05, 3.63) is 24.4 Å². The van der Waals surface area contributed by atoms with Crippen molar-refractivity contribution < 1.29 is 9.53 Å². The molecule has 0 bridgehead atoms. The van der Waals surface area contributed by atoms with Gasteiger partial charge in [-0.05, 0) is 19.1 Å². The van der Waals surface area contributed by atoms with Crippen LogP contribution in [-0.2, 0) is 4.74 Å². The Labute approximate surface area is 71.3 Å². The van der Waals surface area contributed by atoms with Crippen LogP contribution in [-0.4, -0.2) is 23.8 Å². The first-order valence-electron chi connectivity index (χ1n) is 3.81. The lowest BCUT2D eigenvalue weighted by Gasteiger charge is -2.23. The molecule has 0 aromatic rings. The van der Waals surface area contributed by atoms with Crippen LogP contribution in [0.25, 0.3) is 0 Å². The second-order valence-corrected chi connectivity index (χ2v) is 2.32. The van der Waals surface area contributed by atoms with E-state index in [1.54, 1.807) is 31.4 Å². The fourth-order valence-electron chi connectivity index (χ4n) is 0.893. The van der Waals surface area contributed by atoms with Crippen LogP contribution in [0.1, 0.15) is 6.92 Å². The zero-order chi connectivity index (χ0) is 8.97. The van der Waals surface area contributed by atoms with E-state index in [9.17, 15) is 4.79 Å². The van der Waals surface area contributed by atoms with E-state index in [2.05, 4.69) is 0 Å². The molecule has 0 aliphatic carbocycles. The summed E-state index contributed by atoms with van der Waals surface area (Å²) in [5, 5.41) is 0. The number of nitrogens with two attached hydrogens (primary N) is 1. The first-order chi connectivity index (χ1) is 5.75. The Morgan fingerprint density at radius 3 is 3.00 bits per heavy atom. The van der Waals surface area contributed by atoms with E-state index in [0.717, 1.165) is 0 Å². The van der Waals surface area contributed by atoms with Gasteiger partial charge in [0.1, 0.15) is 6.17 Å². The van der Waals surface area contributed by atoms with Crippen molar-refractivity contribution in [3.8, 4) is 0 Å². The summed E-state index contributed by atoms with van der Waals surface area (Å²) in [5.74, 6) is 0. The number of ether oxygens (including phenoxy) is 1. The number of nitrogens with zero attached hydrogens (tertiary/aromatic N) is 1. The van der Waals surface area contributed by atoms with E-state index in [1.165, 1.54) is 4.90 Å². The normalized spacial score (nSPS) is 21.2. The molecule has 0 aromatic heterocycles. The summed E-state index contributed by atoms with van der Waals surface area (Å²) in [6.07, 6.45) is 6.03. The second-order valence-electron chi connectivity index (χ2n) is 2.32. The van der Waals surface area contributed by atoms with E-state index < -0.39 is 12.3 Å². The molecule has 12 heavy (non-hydrogen) atoms. The third-order valence-corrected chi connectivity index (χ3v) is 1.47. The predicted octanol–water partition coefficient (Wildman–Crippen LogP) is 0.813. The van der Waals surface area contributed by atoms with Crippen molar-refractivity contribution in [2.45, 2.75) is 13.1 Å². The Kier molecular flexibility index (Phi) is 2.88. The van der Waals surface area contributed by atoms with Gasteiger partial charge in [0.2, 0.25) is 0 Å². The summed E-state index contributed by atoms with van der Waals surface area (Å²) in [5.41, 5.74) is 5.60. The van der Waals surface area contributed by atoms with Crippen LogP contribution in [0.3, 0.4) is 0 Å². The molecule has 2 N–H and O–H groups in total. The van der Waals surface area contributed by atoms with Gasteiger partial charge in [0.15, 0.2) is 0 Å². The minimum Gasteiger partial charge on any atom is -0.449 e. The lowest BCUT2D eigenvalue weighted by molar-refractivity contribution is 0.115.